The second-order valence-corrected chi connectivity index (χ2v) is 8.75. The third kappa shape index (κ3) is 5.18. The molecule has 0 saturated heterocycles. The van der Waals surface area contributed by atoms with Crippen LogP contribution in [0.1, 0.15) is 11.3 Å². The molecule has 0 atom stereocenters. The van der Waals surface area contributed by atoms with Crippen LogP contribution in [0.4, 0.5) is 5.69 Å². The van der Waals surface area contributed by atoms with Crippen molar-refractivity contribution < 1.29 is 22.4 Å². The molecule has 1 aromatic carbocycles. The van der Waals surface area contributed by atoms with Gasteiger partial charge >= 0.3 is 0 Å². The molecule has 8 nitrogen and oxygen atoms in total. The predicted molar refractivity (Wildman–Crippen MR) is 112 cm³/mol. The Balaban J connectivity index is 1.86. The highest BCUT2D eigenvalue weighted by molar-refractivity contribution is 7.89. The number of carbonyl (C=O) groups is 1. The fourth-order valence-corrected chi connectivity index (χ4v) is 4.16. The van der Waals surface area contributed by atoms with E-state index in [0.29, 0.717) is 17.2 Å². The molecule has 0 unspecified atom stereocenters. The summed E-state index contributed by atoms with van der Waals surface area (Å²) in [6.07, 6.45) is 2.58. The number of anilines is 1. The van der Waals surface area contributed by atoms with Gasteiger partial charge in [0.25, 0.3) is 0 Å². The number of amides is 1. The van der Waals surface area contributed by atoms with Gasteiger partial charge in [-0.15, -0.1) is 0 Å². The Kier molecular flexibility index (Phi) is 6.76. The summed E-state index contributed by atoms with van der Waals surface area (Å²) >= 11 is 5.76. The van der Waals surface area contributed by atoms with Gasteiger partial charge in [0.05, 0.1) is 32.1 Å². The van der Waals surface area contributed by atoms with Crippen molar-refractivity contribution in [3.63, 3.8) is 0 Å². The standard InChI is InChI=1S/C20H20ClN3O5S/c1-14-5-7-18(28-2)17(10-14)23-20(25)13-24(12-15-4-3-9-29-15)30(26,27)16-6-8-19(21)22-11-16/h3-11H,12-13H2,1-2H3,(H,23,25). The Morgan fingerprint density at radius 1 is 1.27 bits per heavy atom. The number of hydrogen-bond acceptors (Lipinski definition) is 6. The average Bonchev–Trinajstić information content (AvgIpc) is 3.21. The quantitative estimate of drug-likeness (QED) is 0.528. The van der Waals surface area contributed by atoms with Crippen LogP contribution >= 0.6 is 11.6 Å². The summed E-state index contributed by atoms with van der Waals surface area (Å²) in [5, 5.41) is 2.87. The molecule has 0 aliphatic heterocycles. The number of aromatic nitrogens is 1. The van der Waals surface area contributed by atoms with E-state index in [9.17, 15) is 13.2 Å². The summed E-state index contributed by atoms with van der Waals surface area (Å²) in [5.41, 5.74) is 1.37. The maximum atomic E-state index is 13.1. The molecule has 0 saturated carbocycles. The lowest BCUT2D eigenvalue weighted by molar-refractivity contribution is -0.116. The van der Waals surface area contributed by atoms with Gasteiger partial charge in [0.15, 0.2) is 0 Å². The largest absolute Gasteiger partial charge is 0.495 e. The first-order valence-corrected chi connectivity index (χ1v) is 10.7. The van der Waals surface area contributed by atoms with Crippen molar-refractivity contribution in [3.8, 4) is 5.75 Å². The number of hydrogen-bond donors (Lipinski definition) is 1. The third-order valence-corrected chi connectivity index (χ3v) is 6.20. The molecule has 0 aliphatic carbocycles. The van der Waals surface area contributed by atoms with Crippen LogP contribution in [-0.2, 0) is 21.4 Å². The highest BCUT2D eigenvalue weighted by Crippen LogP contribution is 2.26. The molecule has 2 heterocycles. The van der Waals surface area contributed by atoms with Crippen LogP contribution in [0, 0.1) is 6.92 Å². The van der Waals surface area contributed by atoms with Crippen molar-refractivity contribution in [2.75, 3.05) is 19.0 Å². The van der Waals surface area contributed by atoms with E-state index >= 15 is 0 Å². The minimum Gasteiger partial charge on any atom is -0.495 e. The molecule has 1 amide bonds. The van der Waals surface area contributed by atoms with Crippen LogP contribution < -0.4 is 10.1 Å². The van der Waals surface area contributed by atoms with Gasteiger partial charge in [-0.3, -0.25) is 4.79 Å². The van der Waals surface area contributed by atoms with Crippen LogP contribution in [-0.4, -0.2) is 37.3 Å². The summed E-state index contributed by atoms with van der Waals surface area (Å²) in [6.45, 7) is 1.30. The van der Waals surface area contributed by atoms with Gasteiger partial charge in [-0.05, 0) is 48.9 Å². The Morgan fingerprint density at radius 3 is 2.70 bits per heavy atom. The number of halogens is 1. The van der Waals surface area contributed by atoms with Crippen molar-refractivity contribution in [3.05, 3.63) is 71.4 Å². The first-order chi connectivity index (χ1) is 14.3. The van der Waals surface area contributed by atoms with Gasteiger partial charge in [-0.2, -0.15) is 4.31 Å². The van der Waals surface area contributed by atoms with Gasteiger partial charge < -0.3 is 14.5 Å². The van der Waals surface area contributed by atoms with E-state index in [1.807, 2.05) is 13.0 Å². The summed E-state index contributed by atoms with van der Waals surface area (Å²) in [4.78, 5) is 16.5. The zero-order valence-electron chi connectivity index (χ0n) is 16.3. The number of ether oxygens (including phenoxy) is 1. The number of carbonyl (C=O) groups excluding carboxylic acids is 1. The van der Waals surface area contributed by atoms with E-state index in [1.165, 1.54) is 25.5 Å². The van der Waals surface area contributed by atoms with Crippen LogP contribution in [0.5, 0.6) is 5.75 Å². The molecule has 0 aliphatic rings. The number of methoxy groups -OCH3 is 1. The van der Waals surface area contributed by atoms with Crippen molar-refractivity contribution in [1.29, 1.82) is 0 Å². The van der Waals surface area contributed by atoms with Gasteiger partial charge in [-0.25, -0.2) is 13.4 Å². The molecular formula is C20H20ClN3O5S. The summed E-state index contributed by atoms with van der Waals surface area (Å²) in [7, 11) is -2.56. The Hall–Kier alpha value is -2.88. The molecule has 3 aromatic rings. The predicted octanol–water partition coefficient (Wildman–Crippen LogP) is 3.47. The molecule has 0 radical (unpaired) electrons. The highest BCUT2D eigenvalue weighted by Gasteiger charge is 2.28. The number of rotatable bonds is 8. The van der Waals surface area contributed by atoms with Crippen molar-refractivity contribution in [2.24, 2.45) is 0 Å². The summed E-state index contributed by atoms with van der Waals surface area (Å²) in [6, 6.07) is 11.3. The molecule has 1 N–H and O–H groups in total. The smallest absolute Gasteiger partial charge is 0.245 e. The first-order valence-electron chi connectivity index (χ1n) is 8.88. The average molecular weight is 450 g/mol. The monoisotopic (exact) mass is 449 g/mol. The van der Waals surface area contributed by atoms with Gasteiger partial charge in [0, 0.05) is 6.20 Å². The van der Waals surface area contributed by atoms with Gasteiger partial charge in [-0.1, -0.05) is 17.7 Å². The number of nitrogens with one attached hydrogen (secondary N) is 1. The molecule has 2 aromatic heterocycles. The molecule has 30 heavy (non-hydrogen) atoms. The number of sulfonamides is 1. The summed E-state index contributed by atoms with van der Waals surface area (Å²) < 4.78 is 37.8. The third-order valence-electron chi connectivity index (χ3n) is 4.20. The lowest BCUT2D eigenvalue weighted by atomic mass is 10.2. The van der Waals surface area contributed by atoms with Gasteiger partial charge in [0.2, 0.25) is 15.9 Å². The summed E-state index contributed by atoms with van der Waals surface area (Å²) in [5.74, 6) is 0.327. The fourth-order valence-electron chi connectivity index (χ4n) is 2.74. The number of pyridine rings is 1. The van der Waals surface area contributed by atoms with Gasteiger partial charge in [0.1, 0.15) is 21.6 Å². The molecule has 0 bridgehead atoms. The zero-order chi connectivity index (χ0) is 21.7. The second-order valence-electron chi connectivity index (χ2n) is 6.42. The Bertz CT molecular complexity index is 1120. The maximum absolute atomic E-state index is 13.1. The molecule has 158 valence electrons. The van der Waals surface area contributed by atoms with E-state index in [2.05, 4.69) is 10.3 Å². The number of nitrogens with zero attached hydrogens (tertiary/aromatic N) is 2. The molecule has 0 fully saturated rings. The molecular weight excluding hydrogens is 430 g/mol. The second kappa shape index (κ2) is 9.29. The molecule has 3 rings (SSSR count). The number of furan rings is 1. The Labute approximate surface area is 179 Å². The van der Waals surface area contributed by atoms with E-state index < -0.39 is 22.5 Å². The molecule has 10 heteroatoms. The normalized spacial score (nSPS) is 11.5. The van der Waals surface area contributed by atoms with Crippen LogP contribution in [0.2, 0.25) is 5.15 Å². The Morgan fingerprint density at radius 2 is 2.07 bits per heavy atom. The van der Waals surface area contributed by atoms with E-state index in [1.54, 1.807) is 24.3 Å². The minimum atomic E-state index is -4.05. The van der Waals surface area contributed by atoms with Crippen molar-refractivity contribution in [1.82, 2.24) is 9.29 Å². The lowest BCUT2D eigenvalue weighted by Gasteiger charge is -2.21. The van der Waals surface area contributed by atoms with E-state index in [0.717, 1.165) is 16.1 Å². The minimum absolute atomic E-state index is 0.0839. The van der Waals surface area contributed by atoms with Crippen LogP contribution in [0.3, 0.4) is 0 Å². The highest BCUT2D eigenvalue weighted by atomic mass is 35.5. The van der Waals surface area contributed by atoms with E-state index in [4.69, 9.17) is 20.8 Å². The van der Waals surface area contributed by atoms with E-state index in [-0.39, 0.29) is 16.6 Å². The van der Waals surface area contributed by atoms with Crippen LogP contribution in [0.25, 0.3) is 0 Å². The topological polar surface area (TPSA) is 102 Å². The molecule has 0 spiro atoms. The van der Waals surface area contributed by atoms with Crippen molar-refractivity contribution >= 4 is 33.2 Å². The number of aryl methyl sites for hydroxylation is 1. The zero-order valence-corrected chi connectivity index (χ0v) is 17.9. The van der Waals surface area contributed by atoms with Crippen molar-refractivity contribution in [2.45, 2.75) is 18.4 Å². The van der Waals surface area contributed by atoms with Crippen LogP contribution in [0.15, 0.2) is 64.2 Å². The first kappa shape index (κ1) is 21.8. The maximum Gasteiger partial charge on any atom is 0.245 e. The lowest BCUT2D eigenvalue weighted by Crippen LogP contribution is -2.37. The number of benzene rings is 1. The SMILES string of the molecule is COc1ccc(C)cc1NC(=O)CN(Cc1ccco1)S(=O)(=O)c1ccc(Cl)nc1. The fraction of sp³-hybridized carbons (Fsp3) is 0.200.